The quantitative estimate of drug-likeness (QED) is 0.833. The van der Waals surface area contributed by atoms with E-state index >= 15 is 0 Å². The third-order valence-corrected chi connectivity index (χ3v) is 3.48. The van der Waals surface area contributed by atoms with Crippen LogP contribution in [0.5, 0.6) is 0 Å². The number of hydrogen-bond acceptors (Lipinski definition) is 3. The first-order valence-electron chi connectivity index (χ1n) is 6.24. The zero-order valence-corrected chi connectivity index (χ0v) is 10.1. The highest BCUT2D eigenvalue weighted by Crippen LogP contribution is 2.13. The van der Waals surface area contributed by atoms with E-state index in [-0.39, 0.29) is 0 Å². The Morgan fingerprint density at radius 1 is 1.38 bits per heavy atom. The Labute approximate surface area is 97.4 Å². The molecule has 1 fully saturated rings. The SMILES string of the molecule is CC(Cn1cncc1CN)N1CCCCC1. The zero-order chi connectivity index (χ0) is 11.4. The molecule has 4 heteroatoms. The van der Waals surface area contributed by atoms with Gasteiger partial charge < -0.3 is 10.3 Å². The fourth-order valence-corrected chi connectivity index (χ4v) is 2.44. The molecule has 1 aliphatic heterocycles. The molecule has 0 saturated carbocycles. The van der Waals surface area contributed by atoms with Gasteiger partial charge in [0.15, 0.2) is 0 Å². The monoisotopic (exact) mass is 222 g/mol. The summed E-state index contributed by atoms with van der Waals surface area (Å²) in [5, 5.41) is 0. The molecular weight excluding hydrogens is 200 g/mol. The van der Waals surface area contributed by atoms with E-state index in [1.807, 2.05) is 12.5 Å². The molecule has 0 bridgehead atoms. The molecule has 4 nitrogen and oxygen atoms in total. The van der Waals surface area contributed by atoms with Crippen LogP contribution in [0.2, 0.25) is 0 Å². The number of nitrogens with zero attached hydrogens (tertiary/aromatic N) is 3. The third-order valence-electron chi connectivity index (χ3n) is 3.48. The van der Waals surface area contributed by atoms with Crippen molar-refractivity contribution >= 4 is 0 Å². The number of aromatic nitrogens is 2. The standard InChI is InChI=1S/C12H22N4/c1-11(15-5-3-2-4-6-15)9-16-10-14-8-12(16)7-13/h8,10-11H,2-7,9,13H2,1H3. The Morgan fingerprint density at radius 3 is 2.81 bits per heavy atom. The van der Waals surface area contributed by atoms with E-state index in [4.69, 9.17) is 5.73 Å². The summed E-state index contributed by atoms with van der Waals surface area (Å²) in [6, 6.07) is 0.583. The normalized spacial score (nSPS) is 19.9. The van der Waals surface area contributed by atoms with Crippen molar-refractivity contribution in [3.05, 3.63) is 18.2 Å². The predicted molar refractivity (Wildman–Crippen MR) is 65.0 cm³/mol. The Morgan fingerprint density at radius 2 is 2.12 bits per heavy atom. The molecule has 1 saturated heterocycles. The van der Waals surface area contributed by atoms with Gasteiger partial charge in [-0.25, -0.2) is 4.98 Å². The van der Waals surface area contributed by atoms with Crippen LogP contribution in [0.1, 0.15) is 31.9 Å². The molecule has 2 N–H and O–H groups in total. The molecule has 1 aromatic heterocycles. The van der Waals surface area contributed by atoms with Gasteiger partial charge in [-0.3, -0.25) is 4.90 Å². The summed E-state index contributed by atoms with van der Waals surface area (Å²) < 4.78 is 2.18. The lowest BCUT2D eigenvalue weighted by Gasteiger charge is -2.32. The molecular formula is C12H22N4. The first kappa shape index (κ1) is 11.6. The van der Waals surface area contributed by atoms with Gasteiger partial charge in [0.2, 0.25) is 0 Å². The van der Waals surface area contributed by atoms with E-state index in [0.717, 1.165) is 12.2 Å². The number of nitrogens with two attached hydrogens (primary N) is 1. The Kier molecular flexibility index (Phi) is 3.96. The topological polar surface area (TPSA) is 47.1 Å². The molecule has 90 valence electrons. The Hall–Kier alpha value is -0.870. The molecule has 0 aliphatic carbocycles. The van der Waals surface area contributed by atoms with Crippen LogP contribution in [0, 0.1) is 0 Å². The first-order chi connectivity index (χ1) is 7.81. The van der Waals surface area contributed by atoms with Gasteiger partial charge in [-0.2, -0.15) is 0 Å². The second kappa shape index (κ2) is 5.46. The van der Waals surface area contributed by atoms with Crippen molar-refractivity contribution in [2.45, 2.75) is 45.3 Å². The molecule has 1 unspecified atom stereocenters. The van der Waals surface area contributed by atoms with E-state index < -0.39 is 0 Å². The predicted octanol–water partition coefficient (Wildman–Crippen LogP) is 1.22. The summed E-state index contributed by atoms with van der Waals surface area (Å²) in [6.45, 7) is 6.37. The van der Waals surface area contributed by atoms with E-state index in [0.29, 0.717) is 12.6 Å². The van der Waals surface area contributed by atoms with Gasteiger partial charge in [-0.05, 0) is 32.9 Å². The van der Waals surface area contributed by atoms with Crippen LogP contribution in [-0.4, -0.2) is 33.6 Å². The summed E-state index contributed by atoms with van der Waals surface area (Å²) >= 11 is 0. The number of likely N-dealkylation sites (tertiary alicyclic amines) is 1. The highest BCUT2D eigenvalue weighted by Gasteiger charge is 2.17. The lowest BCUT2D eigenvalue weighted by atomic mass is 10.1. The van der Waals surface area contributed by atoms with Gasteiger partial charge in [0, 0.05) is 25.3 Å². The van der Waals surface area contributed by atoms with E-state index in [1.165, 1.54) is 32.4 Å². The second-order valence-corrected chi connectivity index (χ2v) is 4.69. The van der Waals surface area contributed by atoms with Crippen LogP contribution in [-0.2, 0) is 13.1 Å². The molecule has 1 aliphatic rings. The fraction of sp³-hybridized carbons (Fsp3) is 0.750. The molecule has 0 aromatic carbocycles. The zero-order valence-electron chi connectivity index (χ0n) is 10.1. The van der Waals surface area contributed by atoms with Crippen LogP contribution in [0.25, 0.3) is 0 Å². The average molecular weight is 222 g/mol. The maximum absolute atomic E-state index is 5.67. The minimum absolute atomic E-state index is 0.576. The van der Waals surface area contributed by atoms with Crippen molar-refractivity contribution in [1.82, 2.24) is 14.5 Å². The van der Waals surface area contributed by atoms with Gasteiger partial charge in [-0.15, -0.1) is 0 Å². The molecule has 2 heterocycles. The second-order valence-electron chi connectivity index (χ2n) is 4.69. The number of piperidine rings is 1. The average Bonchev–Trinajstić information content (AvgIpc) is 2.77. The Balaban J connectivity index is 1.93. The van der Waals surface area contributed by atoms with Gasteiger partial charge in [0.1, 0.15) is 0 Å². The smallest absolute Gasteiger partial charge is 0.0949 e. The number of hydrogen-bond donors (Lipinski definition) is 1. The van der Waals surface area contributed by atoms with Gasteiger partial charge in [-0.1, -0.05) is 6.42 Å². The lowest BCUT2D eigenvalue weighted by Crippen LogP contribution is -2.40. The van der Waals surface area contributed by atoms with E-state index in [1.54, 1.807) is 0 Å². The molecule has 0 amide bonds. The molecule has 0 spiro atoms. The minimum atomic E-state index is 0.576. The third kappa shape index (κ3) is 2.62. The fourth-order valence-electron chi connectivity index (χ4n) is 2.44. The van der Waals surface area contributed by atoms with Gasteiger partial charge in [0.25, 0.3) is 0 Å². The van der Waals surface area contributed by atoms with Crippen molar-refractivity contribution in [3.63, 3.8) is 0 Å². The van der Waals surface area contributed by atoms with Crippen molar-refractivity contribution in [3.8, 4) is 0 Å². The van der Waals surface area contributed by atoms with Crippen LogP contribution < -0.4 is 5.73 Å². The minimum Gasteiger partial charge on any atom is -0.332 e. The largest absolute Gasteiger partial charge is 0.332 e. The van der Waals surface area contributed by atoms with Crippen LogP contribution in [0.4, 0.5) is 0 Å². The highest BCUT2D eigenvalue weighted by molar-refractivity contribution is 4.97. The number of rotatable bonds is 4. The van der Waals surface area contributed by atoms with Crippen LogP contribution in [0.15, 0.2) is 12.5 Å². The molecule has 2 rings (SSSR count). The summed E-state index contributed by atoms with van der Waals surface area (Å²) in [7, 11) is 0. The van der Waals surface area contributed by atoms with Crippen LogP contribution in [0.3, 0.4) is 0 Å². The maximum Gasteiger partial charge on any atom is 0.0949 e. The van der Waals surface area contributed by atoms with Gasteiger partial charge in [0.05, 0.1) is 12.0 Å². The summed E-state index contributed by atoms with van der Waals surface area (Å²) in [5.41, 5.74) is 6.80. The first-order valence-corrected chi connectivity index (χ1v) is 6.24. The van der Waals surface area contributed by atoms with E-state index in [9.17, 15) is 0 Å². The van der Waals surface area contributed by atoms with Crippen molar-refractivity contribution in [2.24, 2.45) is 5.73 Å². The van der Waals surface area contributed by atoms with E-state index in [2.05, 4.69) is 21.4 Å². The molecule has 1 aromatic rings. The van der Waals surface area contributed by atoms with Crippen LogP contribution >= 0.6 is 0 Å². The summed E-state index contributed by atoms with van der Waals surface area (Å²) in [6.07, 6.45) is 7.84. The van der Waals surface area contributed by atoms with Gasteiger partial charge >= 0.3 is 0 Å². The molecule has 16 heavy (non-hydrogen) atoms. The summed E-state index contributed by atoms with van der Waals surface area (Å²) in [4.78, 5) is 6.73. The Bertz CT molecular complexity index is 315. The highest BCUT2D eigenvalue weighted by atomic mass is 15.2. The molecule has 0 radical (unpaired) electrons. The number of imidazole rings is 1. The summed E-state index contributed by atoms with van der Waals surface area (Å²) in [5.74, 6) is 0. The molecule has 1 atom stereocenters. The van der Waals surface area contributed by atoms with Crippen molar-refractivity contribution in [2.75, 3.05) is 13.1 Å². The maximum atomic E-state index is 5.67. The van der Waals surface area contributed by atoms with Crippen molar-refractivity contribution in [1.29, 1.82) is 0 Å². The lowest BCUT2D eigenvalue weighted by molar-refractivity contribution is 0.159. The van der Waals surface area contributed by atoms with Crippen molar-refractivity contribution < 1.29 is 0 Å².